The second-order valence-corrected chi connectivity index (χ2v) is 6.97. The number of benzene rings is 2. The first-order valence-electron chi connectivity index (χ1n) is 9.72. The first kappa shape index (κ1) is 22.2. The number of phenols is 1. The van der Waals surface area contributed by atoms with Crippen LogP contribution in [0.2, 0.25) is 0 Å². The highest BCUT2D eigenvalue weighted by Crippen LogP contribution is 2.42. The van der Waals surface area contributed by atoms with Crippen molar-refractivity contribution in [3.05, 3.63) is 59.2 Å². The van der Waals surface area contributed by atoms with Crippen molar-refractivity contribution in [1.29, 1.82) is 0 Å². The largest absolute Gasteiger partial charge is 0.507 e. The third-order valence-electron chi connectivity index (χ3n) is 5.17. The second kappa shape index (κ2) is 9.53. The summed E-state index contributed by atoms with van der Waals surface area (Å²) >= 11 is 0. The molecule has 2 N–H and O–H groups in total. The molecule has 0 aliphatic carbocycles. The molecule has 1 fully saturated rings. The lowest BCUT2D eigenvalue weighted by Gasteiger charge is -2.25. The highest BCUT2D eigenvalue weighted by atomic mass is 16.5. The standard InChI is InChI=1S/C23H25NO7/c1-29-12-6-11-24-20(14-9-10-18(31-3)16(25)13-14)19(22(27)23(24)28)21(26)15-7-4-5-8-17(15)30-2/h4-5,7-10,13,20,25-26H,6,11-12H2,1-3H3/b21-19-. The van der Waals surface area contributed by atoms with E-state index in [9.17, 15) is 19.8 Å². The number of rotatable bonds is 8. The van der Waals surface area contributed by atoms with E-state index in [-0.39, 0.29) is 29.4 Å². The van der Waals surface area contributed by atoms with Gasteiger partial charge < -0.3 is 29.3 Å². The minimum Gasteiger partial charge on any atom is -0.507 e. The molecule has 0 saturated carbocycles. The first-order valence-corrected chi connectivity index (χ1v) is 9.72. The quantitative estimate of drug-likeness (QED) is 0.289. The second-order valence-electron chi connectivity index (χ2n) is 6.97. The fourth-order valence-electron chi connectivity index (χ4n) is 3.70. The van der Waals surface area contributed by atoms with E-state index in [1.807, 2.05) is 0 Å². The number of Topliss-reactive ketones (excluding diaryl/α,β-unsaturated/α-hetero) is 1. The normalized spacial score (nSPS) is 17.8. The van der Waals surface area contributed by atoms with E-state index in [0.29, 0.717) is 29.9 Å². The van der Waals surface area contributed by atoms with Gasteiger partial charge in [0.2, 0.25) is 0 Å². The van der Waals surface area contributed by atoms with E-state index in [4.69, 9.17) is 14.2 Å². The topological polar surface area (TPSA) is 106 Å². The number of hydrogen-bond acceptors (Lipinski definition) is 7. The maximum absolute atomic E-state index is 13.0. The number of aliphatic hydroxyl groups is 1. The number of carbonyl (C=O) groups is 2. The highest BCUT2D eigenvalue weighted by molar-refractivity contribution is 6.46. The van der Waals surface area contributed by atoms with Crippen LogP contribution in [-0.2, 0) is 14.3 Å². The average molecular weight is 427 g/mol. The fraction of sp³-hybridized carbons (Fsp3) is 0.304. The van der Waals surface area contributed by atoms with Crippen LogP contribution < -0.4 is 9.47 Å². The Labute approximate surface area is 180 Å². The van der Waals surface area contributed by atoms with Crippen molar-refractivity contribution < 1.29 is 34.0 Å². The Morgan fingerprint density at radius 2 is 1.74 bits per heavy atom. The average Bonchev–Trinajstić information content (AvgIpc) is 3.03. The molecular weight excluding hydrogens is 402 g/mol. The summed E-state index contributed by atoms with van der Waals surface area (Å²) in [7, 11) is 4.43. The molecule has 0 bridgehead atoms. The number of nitrogens with zero attached hydrogens (tertiary/aromatic N) is 1. The number of ether oxygens (including phenoxy) is 3. The van der Waals surface area contributed by atoms with Crippen LogP contribution in [0.3, 0.4) is 0 Å². The summed E-state index contributed by atoms with van der Waals surface area (Å²) in [6.45, 7) is 0.634. The van der Waals surface area contributed by atoms with Crippen molar-refractivity contribution in [3.63, 3.8) is 0 Å². The fourth-order valence-corrected chi connectivity index (χ4v) is 3.70. The summed E-state index contributed by atoms with van der Waals surface area (Å²) < 4.78 is 15.5. The summed E-state index contributed by atoms with van der Waals surface area (Å²) in [6, 6.07) is 10.4. The Morgan fingerprint density at radius 3 is 2.39 bits per heavy atom. The van der Waals surface area contributed by atoms with Gasteiger partial charge in [0, 0.05) is 20.3 Å². The zero-order valence-electron chi connectivity index (χ0n) is 17.6. The lowest BCUT2D eigenvalue weighted by atomic mass is 9.94. The van der Waals surface area contributed by atoms with Crippen molar-refractivity contribution in [3.8, 4) is 17.2 Å². The van der Waals surface area contributed by atoms with Gasteiger partial charge in [0.15, 0.2) is 11.5 Å². The number of phenolic OH excluding ortho intramolecular Hbond substituents is 1. The van der Waals surface area contributed by atoms with Crippen LogP contribution in [0.25, 0.3) is 5.76 Å². The summed E-state index contributed by atoms with van der Waals surface area (Å²) in [4.78, 5) is 27.2. The van der Waals surface area contributed by atoms with Crippen LogP contribution >= 0.6 is 0 Å². The number of hydrogen-bond donors (Lipinski definition) is 2. The number of aromatic hydroxyl groups is 1. The number of methoxy groups -OCH3 is 3. The number of carbonyl (C=O) groups excluding carboxylic acids is 2. The van der Waals surface area contributed by atoms with Crippen molar-refractivity contribution in [2.45, 2.75) is 12.5 Å². The van der Waals surface area contributed by atoms with Gasteiger partial charge in [-0.1, -0.05) is 18.2 Å². The molecule has 31 heavy (non-hydrogen) atoms. The Balaban J connectivity index is 2.18. The van der Waals surface area contributed by atoms with Gasteiger partial charge in [0.25, 0.3) is 11.7 Å². The zero-order valence-corrected chi connectivity index (χ0v) is 17.6. The van der Waals surface area contributed by atoms with E-state index < -0.39 is 17.7 Å². The molecule has 164 valence electrons. The summed E-state index contributed by atoms with van der Waals surface area (Å²) in [5, 5.41) is 21.4. The summed E-state index contributed by atoms with van der Waals surface area (Å²) in [6.07, 6.45) is 0.497. The molecule has 1 atom stereocenters. The molecule has 1 amide bonds. The van der Waals surface area contributed by atoms with Crippen molar-refractivity contribution in [2.75, 3.05) is 34.5 Å². The van der Waals surface area contributed by atoms with E-state index in [2.05, 4.69) is 0 Å². The van der Waals surface area contributed by atoms with Crippen molar-refractivity contribution in [1.82, 2.24) is 4.90 Å². The van der Waals surface area contributed by atoms with Gasteiger partial charge in [-0.2, -0.15) is 0 Å². The van der Waals surface area contributed by atoms with E-state index in [1.165, 1.54) is 25.2 Å². The maximum atomic E-state index is 13.0. The molecule has 2 aromatic rings. The van der Waals surface area contributed by atoms with Crippen LogP contribution in [0.15, 0.2) is 48.0 Å². The van der Waals surface area contributed by atoms with Gasteiger partial charge in [0.1, 0.15) is 11.5 Å². The molecule has 3 rings (SSSR count). The molecule has 1 aliphatic rings. The highest BCUT2D eigenvalue weighted by Gasteiger charge is 2.46. The number of aliphatic hydroxyl groups excluding tert-OH is 1. The minimum absolute atomic E-state index is 0.0727. The molecule has 2 aromatic carbocycles. The van der Waals surface area contributed by atoms with E-state index in [0.717, 1.165) is 0 Å². The summed E-state index contributed by atoms with van der Waals surface area (Å²) in [5.41, 5.74) is 0.686. The predicted octanol–water partition coefficient (Wildman–Crippen LogP) is 2.87. The van der Waals surface area contributed by atoms with Crippen LogP contribution in [0.1, 0.15) is 23.6 Å². The Kier molecular flexibility index (Phi) is 6.81. The lowest BCUT2D eigenvalue weighted by Crippen LogP contribution is -2.31. The number of likely N-dealkylation sites (tertiary alicyclic amines) is 1. The molecule has 8 heteroatoms. The van der Waals surface area contributed by atoms with Gasteiger partial charge in [-0.25, -0.2) is 0 Å². The van der Waals surface area contributed by atoms with E-state index in [1.54, 1.807) is 43.5 Å². The van der Waals surface area contributed by atoms with E-state index >= 15 is 0 Å². The molecule has 0 aromatic heterocycles. The van der Waals surface area contributed by atoms with Crippen LogP contribution in [0.4, 0.5) is 0 Å². The monoisotopic (exact) mass is 427 g/mol. The molecule has 1 heterocycles. The third kappa shape index (κ3) is 4.20. The maximum Gasteiger partial charge on any atom is 0.295 e. The van der Waals surface area contributed by atoms with Gasteiger partial charge >= 0.3 is 0 Å². The van der Waals surface area contributed by atoms with Crippen LogP contribution in [0.5, 0.6) is 17.2 Å². The number of amides is 1. The molecule has 1 saturated heterocycles. The minimum atomic E-state index is -0.890. The van der Waals surface area contributed by atoms with Gasteiger partial charge in [-0.15, -0.1) is 0 Å². The van der Waals surface area contributed by atoms with Gasteiger partial charge in [-0.3, -0.25) is 9.59 Å². The van der Waals surface area contributed by atoms with Gasteiger partial charge in [0.05, 0.1) is 31.4 Å². The van der Waals surface area contributed by atoms with Crippen molar-refractivity contribution in [2.24, 2.45) is 0 Å². The number of para-hydroxylation sites is 1. The lowest BCUT2D eigenvalue weighted by molar-refractivity contribution is -0.140. The summed E-state index contributed by atoms with van der Waals surface area (Å²) in [5.74, 6) is -1.40. The number of ketones is 1. The van der Waals surface area contributed by atoms with Crippen LogP contribution in [0, 0.1) is 0 Å². The van der Waals surface area contributed by atoms with Crippen LogP contribution in [-0.4, -0.2) is 61.3 Å². The SMILES string of the molecule is COCCCN1C(=O)C(=O)/C(=C(\O)c2ccccc2OC)C1c1ccc(OC)c(O)c1. The third-order valence-corrected chi connectivity index (χ3v) is 5.17. The van der Waals surface area contributed by atoms with Gasteiger partial charge in [-0.05, 0) is 36.2 Å². The first-order chi connectivity index (χ1) is 14.9. The molecule has 0 radical (unpaired) electrons. The van der Waals surface area contributed by atoms with Crippen molar-refractivity contribution >= 4 is 17.4 Å². The Hall–Kier alpha value is -3.52. The Bertz CT molecular complexity index is 1010. The molecule has 0 spiro atoms. The molecule has 1 aliphatic heterocycles. The molecule has 8 nitrogen and oxygen atoms in total. The predicted molar refractivity (Wildman–Crippen MR) is 113 cm³/mol. The molecule has 1 unspecified atom stereocenters. The smallest absolute Gasteiger partial charge is 0.295 e. The molecular formula is C23H25NO7. The zero-order chi connectivity index (χ0) is 22.5. The Morgan fingerprint density at radius 1 is 1.03 bits per heavy atom.